The highest BCUT2D eigenvalue weighted by Crippen LogP contribution is 2.20. The zero-order valence-corrected chi connectivity index (χ0v) is 13.4. The Bertz CT molecular complexity index is 554. The molecule has 0 spiro atoms. The van der Waals surface area contributed by atoms with Crippen LogP contribution in [0.15, 0.2) is 16.5 Å². The van der Waals surface area contributed by atoms with Crippen LogP contribution in [0.5, 0.6) is 0 Å². The second-order valence-corrected chi connectivity index (χ2v) is 6.48. The zero-order valence-electron chi connectivity index (χ0n) is 13.4. The molecule has 0 radical (unpaired) electrons. The van der Waals surface area contributed by atoms with E-state index in [2.05, 4.69) is 5.32 Å². The van der Waals surface area contributed by atoms with E-state index >= 15 is 0 Å². The van der Waals surface area contributed by atoms with Gasteiger partial charge in [-0.05, 0) is 45.7 Å². The third-order valence-electron chi connectivity index (χ3n) is 3.46. The lowest BCUT2D eigenvalue weighted by atomic mass is 10.2. The molecule has 6 heteroatoms. The number of carbonyl (C=O) groups excluding carboxylic acids is 1. The summed E-state index contributed by atoms with van der Waals surface area (Å²) in [5.74, 6) is 1.03. The van der Waals surface area contributed by atoms with Crippen LogP contribution in [0.3, 0.4) is 0 Å². The predicted octanol–water partition coefficient (Wildman–Crippen LogP) is 2.64. The van der Waals surface area contributed by atoms with Gasteiger partial charge in [-0.3, -0.25) is 0 Å². The van der Waals surface area contributed by atoms with E-state index in [0.29, 0.717) is 18.8 Å². The number of hydrogen-bond donors (Lipinski definition) is 1. The van der Waals surface area contributed by atoms with Crippen molar-refractivity contribution in [2.75, 3.05) is 13.1 Å². The monoisotopic (exact) mass is 305 g/mol. The van der Waals surface area contributed by atoms with Crippen molar-refractivity contribution in [1.82, 2.24) is 10.2 Å². The van der Waals surface area contributed by atoms with Crippen molar-refractivity contribution in [3.63, 3.8) is 0 Å². The fourth-order valence-electron chi connectivity index (χ4n) is 2.50. The second-order valence-electron chi connectivity index (χ2n) is 6.48. The maximum atomic E-state index is 12.2. The van der Waals surface area contributed by atoms with E-state index in [1.807, 2.05) is 26.8 Å². The molecule has 1 unspecified atom stereocenters. The van der Waals surface area contributed by atoms with Crippen LogP contribution in [-0.2, 0) is 11.3 Å². The van der Waals surface area contributed by atoms with Crippen LogP contribution in [0.4, 0.5) is 4.79 Å². The van der Waals surface area contributed by atoms with Gasteiger partial charge in [0.05, 0.1) is 6.54 Å². The Morgan fingerprint density at radius 2 is 2.32 bits per heavy atom. The highest BCUT2D eigenvalue weighted by molar-refractivity contribution is 5.69. The Hall–Kier alpha value is -2.00. The van der Waals surface area contributed by atoms with Crippen LogP contribution in [0.2, 0.25) is 0 Å². The minimum absolute atomic E-state index is 0.139. The van der Waals surface area contributed by atoms with Gasteiger partial charge in [0, 0.05) is 19.1 Å². The van der Waals surface area contributed by atoms with Crippen LogP contribution in [0.25, 0.3) is 0 Å². The molecule has 1 aromatic heterocycles. The maximum absolute atomic E-state index is 12.2. The fourth-order valence-corrected chi connectivity index (χ4v) is 2.50. The molecule has 6 nitrogen and oxygen atoms in total. The standard InChI is InChI=1S/C16H23N3O3/c1-16(2,3)22-15(20)19-8-4-5-12(19)10-18-11-14-7-6-13(9-17)21-14/h6-7,12,18H,4-5,8,10-11H2,1-3H3. The van der Waals surface area contributed by atoms with Gasteiger partial charge in [0.25, 0.3) is 0 Å². The second kappa shape index (κ2) is 6.84. The van der Waals surface area contributed by atoms with E-state index in [-0.39, 0.29) is 12.1 Å². The van der Waals surface area contributed by atoms with E-state index in [1.165, 1.54) is 0 Å². The third kappa shape index (κ3) is 4.50. The van der Waals surface area contributed by atoms with E-state index in [1.54, 1.807) is 17.0 Å². The third-order valence-corrected chi connectivity index (χ3v) is 3.46. The number of likely N-dealkylation sites (tertiary alicyclic amines) is 1. The number of carbonyl (C=O) groups is 1. The summed E-state index contributed by atoms with van der Waals surface area (Å²) in [6.07, 6.45) is 1.71. The number of rotatable bonds is 4. The quantitative estimate of drug-likeness (QED) is 0.925. The normalized spacial score (nSPS) is 18.3. The average molecular weight is 305 g/mol. The fraction of sp³-hybridized carbons (Fsp3) is 0.625. The first kappa shape index (κ1) is 16.4. The van der Waals surface area contributed by atoms with Crippen LogP contribution in [0.1, 0.15) is 45.1 Å². The number of nitrogens with zero attached hydrogens (tertiary/aromatic N) is 2. The Morgan fingerprint density at radius 3 is 2.95 bits per heavy atom. The van der Waals surface area contributed by atoms with Crippen LogP contribution >= 0.6 is 0 Å². The van der Waals surface area contributed by atoms with Crippen molar-refractivity contribution in [1.29, 1.82) is 5.26 Å². The number of hydrogen-bond acceptors (Lipinski definition) is 5. The molecule has 0 aliphatic carbocycles. The Morgan fingerprint density at radius 1 is 1.55 bits per heavy atom. The molecule has 0 saturated carbocycles. The minimum atomic E-state index is -0.473. The molecule has 1 saturated heterocycles. The smallest absolute Gasteiger partial charge is 0.410 e. The molecule has 2 rings (SSSR count). The van der Waals surface area contributed by atoms with Gasteiger partial charge in [-0.15, -0.1) is 0 Å². The molecule has 1 atom stereocenters. The van der Waals surface area contributed by atoms with Gasteiger partial charge < -0.3 is 19.4 Å². The molecule has 1 aliphatic rings. The number of ether oxygens (including phenoxy) is 1. The molecular weight excluding hydrogens is 282 g/mol. The molecular formula is C16H23N3O3. The van der Waals surface area contributed by atoms with Crippen molar-refractivity contribution in [2.45, 2.75) is 51.8 Å². The molecule has 1 aliphatic heterocycles. The first-order valence-corrected chi connectivity index (χ1v) is 7.58. The summed E-state index contributed by atoms with van der Waals surface area (Å²) in [6.45, 7) is 7.58. The minimum Gasteiger partial charge on any atom is -0.449 e. The van der Waals surface area contributed by atoms with Crippen molar-refractivity contribution < 1.29 is 13.9 Å². The Kier molecular flexibility index (Phi) is 5.09. The molecule has 1 aromatic rings. The van der Waals surface area contributed by atoms with E-state index < -0.39 is 5.60 Å². The van der Waals surface area contributed by atoms with Crippen molar-refractivity contribution in [2.24, 2.45) is 0 Å². The van der Waals surface area contributed by atoms with E-state index in [9.17, 15) is 4.79 Å². The molecule has 0 bridgehead atoms. The van der Waals surface area contributed by atoms with Gasteiger partial charge >= 0.3 is 6.09 Å². The number of amides is 1. The number of nitriles is 1. The molecule has 1 amide bonds. The summed E-state index contributed by atoms with van der Waals surface area (Å²) in [5, 5.41) is 12.0. The van der Waals surface area contributed by atoms with Gasteiger partial charge in [0.1, 0.15) is 17.4 Å². The van der Waals surface area contributed by atoms with Gasteiger partial charge in [-0.1, -0.05) is 0 Å². The molecule has 22 heavy (non-hydrogen) atoms. The van der Waals surface area contributed by atoms with Crippen molar-refractivity contribution >= 4 is 6.09 Å². The summed E-state index contributed by atoms with van der Waals surface area (Å²) in [6, 6.07) is 5.53. The van der Waals surface area contributed by atoms with Gasteiger partial charge in [-0.2, -0.15) is 5.26 Å². The van der Waals surface area contributed by atoms with Gasteiger partial charge in [0.2, 0.25) is 5.76 Å². The molecule has 120 valence electrons. The molecule has 1 fully saturated rings. The summed E-state index contributed by atoms with van der Waals surface area (Å²) in [4.78, 5) is 14.0. The summed E-state index contributed by atoms with van der Waals surface area (Å²) in [5.41, 5.74) is -0.473. The lowest BCUT2D eigenvalue weighted by Gasteiger charge is -2.28. The van der Waals surface area contributed by atoms with Crippen LogP contribution < -0.4 is 5.32 Å². The SMILES string of the molecule is CC(C)(C)OC(=O)N1CCCC1CNCc1ccc(C#N)o1. The lowest BCUT2D eigenvalue weighted by molar-refractivity contribution is 0.0226. The first-order chi connectivity index (χ1) is 10.4. The zero-order chi connectivity index (χ0) is 16.2. The summed E-state index contributed by atoms with van der Waals surface area (Å²) >= 11 is 0. The number of furan rings is 1. The van der Waals surface area contributed by atoms with Crippen LogP contribution in [0, 0.1) is 11.3 Å². The predicted molar refractivity (Wildman–Crippen MR) is 81.1 cm³/mol. The van der Waals surface area contributed by atoms with Gasteiger partial charge in [-0.25, -0.2) is 4.79 Å². The van der Waals surface area contributed by atoms with Crippen molar-refractivity contribution in [3.8, 4) is 6.07 Å². The Labute approximate surface area is 131 Å². The maximum Gasteiger partial charge on any atom is 0.410 e. The Balaban J connectivity index is 1.81. The molecule has 2 heterocycles. The highest BCUT2D eigenvalue weighted by atomic mass is 16.6. The average Bonchev–Trinajstić information content (AvgIpc) is 3.05. The van der Waals surface area contributed by atoms with E-state index in [0.717, 1.165) is 25.1 Å². The highest BCUT2D eigenvalue weighted by Gasteiger charge is 2.31. The lowest BCUT2D eigenvalue weighted by Crippen LogP contribution is -2.43. The van der Waals surface area contributed by atoms with Crippen LogP contribution in [-0.4, -0.2) is 35.7 Å². The van der Waals surface area contributed by atoms with Crippen molar-refractivity contribution in [3.05, 3.63) is 23.7 Å². The summed E-state index contributed by atoms with van der Waals surface area (Å²) < 4.78 is 10.7. The first-order valence-electron chi connectivity index (χ1n) is 7.58. The molecule has 0 aromatic carbocycles. The number of nitrogens with one attached hydrogen (secondary N) is 1. The summed E-state index contributed by atoms with van der Waals surface area (Å²) in [7, 11) is 0. The van der Waals surface area contributed by atoms with Gasteiger partial charge in [0.15, 0.2) is 0 Å². The van der Waals surface area contributed by atoms with E-state index in [4.69, 9.17) is 14.4 Å². The largest absolute Gasteiger partial charge is 0.449 e. The molecule has 1 N–H and O–H groups in total. The topological polar surface area (TPSA) is 78.5 Å².